The van der Waals surface area contributed by atoms with Crippen molar-refractivity contribution in [3.8, 4) is 28.4 Å². The Morgan fingerprint density at radius 3 is 2.77 bits per heavy atom. The summed E-state index contributed by atoms with van der Waals surface area (Å²) in [5.74, 6) is 1.57. The molecule has 0 aliphatic carbocycles. The van der Waals surface area contributed by atoms with Crippen LogP contribution in [0.25, 0.3) is 16.9 Å². The number of hydrogen-bond donors (Lipinski definition) is 0. The largest absolute Gasteiger partial charge is 0.454 e. The standard InChI is InChI=1S/C25H29N3O3/c1-27(13-12-22-9-5-6-14-29-22)16-20-17-28(21-7-3-2-4-8-21)26-25(20)19-10-11-23-24(15-19)31-18-30-23/h2-4,7-8,10-11,15,17,22H,5-6,9,12-14,16,18H2,1H3/t22-/m0/s1. The van der Waals surface area contributed by atoms with Crippen molar-refractivity contribution in [3.05, 3.63) is 60.3 Å². The molecule has 1 aromatic heterocycles. The minimum Gasteiger partial charge on any atom is -0.454 e. The van der Waals surface area contributed by atoms with Crippen LogP contribution in [0.1, 0.15) is 31.2 Å². The van der Waals surface area contributed by atoms with Crippen LogP contribution < -0.4 is 9.47 Å². The minimum absolute atomic E-state index is 0.274. The van der Waals surface area contributed by atoms with E-state index in [0.717, 1.165) is 54.6 Å². The Morgan fingerprint density at radius 1 is 1.06 bits per heavy atom. The Balaban J connectivity index is 1.39. The summed E-state index contributed by atoms with van der Waals surface area (Å²) in [6, 6.07) is 16.3. The Labute approximate surface area is 183 Å². The zero-order chi connectivity index (χ0) is 21.0. The molecule has 0 radical (unpaired) electrons. The average Bonchev–Trinajstić information content (AvgIpc) is 3.45. The van der Waals surface area contributed by atoms with E-state index in [0.29, 0.717) is 6.10 Å². The topological polar surface area (TPSA) is 48.8 Å². The molecule has 1 atom stereocenters. The molecule has 6 nitrogen and oxygen atoms in total. The van der Waals surface area contributed by atoms with E-state index < -0.39 is 0 Å². The molecule has 3 aromatic rings. The molecule has 5 rings (SSSR count). The molecule has 2 aromatic carbocycles. The Kier molecular flexibility index (Phi) is 5.91. The van der Waals surface area contributed by atoms with Crippen molar-refractivity contribution < 1.29 is 14.2 Å². The summed E-state index contributed by atoms with van der Waals surface area (Å²) in [6.45, 7) is 3.01. The first kappa shape index (κ1) is 20.1. The van der Waals surface area contributed by atoms with Gasteiger partial charge in [-0.05, 0) is 63.1 Å². The summed E-state index contributed by atoms with van der Waals surface area (Å²) in [7, 11) is 2.17. The number of rotatable bonds is 7. The smallest absolute Gasteiger partial charge is 0.231 e. The number of hydrogen-bond acceptors (Lipinski definition) is 5. The highest BCUT2D eigenvalue weighted by atomic mass is 16.7. The van der Waals surface area contributed by atoms with E-state index in [1.807, 2.05) is 35.0 Å². The van der Waals surface area contributed by atoms with Crippen molar-refractivity contribution in [2.24, 2.45) is 0 Å². The van der Waals surface area contributed by atoms with Crippen LogP contribution in [-0.4, -0.2) is 47.8 Å². The van der Waals surface area contributed by atoms with Gasteiger partial charge in [-0.3, -0.25) is 0 Å². The molecule has 162 valence electrons. The zero-order valence-corrected chi connectivity index (χ0v) is 18.0. The monoisotopic (exact) mass is 419 g/mol. The van der Waals surface area contributed by atoms with E-state index in [9.17, 15) is 0 Å². The van der Waals surface area contributed by atoms with Gasteiger partial charge < -0.3 is 19.1 Å². The molecule has 2 aliphatic heterocycles. The van der Waals surface area contributed by atoms with Crippen molar-refractivity contribution in [2.45, 2.75) is 38.3 Å². The molecule has 0 unspecified atom stereocenters. The van der Waals surface area contributed by atoms with E-state index in [4.69, 9.17) is 19.3 Å². The number of benzene rings is 2. The molecule has 31 heavy (non-hydrogen) atoms. The van der Waals surface area contributed by atoms with Gasteiger partial charge in [-0.1, -0.05) is 18.2 Å². The third kappa shape index (κ3) is 4.60. The van der Waals surface area contributed by atoms with E-state index in [1.54, 1.807) is 0 Å². The molecule has 1 saturated heterocycles. The van der Waals surface area contributed by atoms with E-state index >= 15 is 0 Å². The average molecular weight is 420 g/mol. The molecule has 0 saturated carbocycles. The lowest BCUT2D eigenvalue weighted by molar-refractivity contribution is 0.00641. The molecule has 1 fully saturated rings. The molecule has 0 amide bonds. The molecule has 0 N–H and O–H groups in total. The molecule has 6 heteroatoms. The highest BCUT2D eigenvalue weighted by Gasteiger charge is 2.20. The van der Waals surface area contributed by atoms with Crippen LogP contribution in [0.5, 0.6) is 11.5 Å². The van der Waals surface area contributed by atoms with Crippen molar-refractivity contribution in [1.82, 2.24) is 14.7 Å². The fourth-order valence-corrected chi connectivity index (χ4v) is 4.29. The Morgan fingerprint density at radius 2 is 1.94 bits per heavy atom. The summed E-state index contributed by atoms with van der Waals surface area (Å²) in [5.41, 5.74) is 4.25. The lowest BCUT2D eigenvalue weighted by Crippen LogP contribution is -2.26. The van der Waals surface area contributed by atoms with Crippen LogP contribution in [-0.2, 0) is 11.3 Å². The fourth-order valence-electron chi connectivity index (χ4n) is 4.29. The Bertz CT molecular complexity index is 1010. The highest BCUT2D eigenvalue weighted by Crippen LogP contribution is 2.36. The first-order valence-corrected chi connectivity index (χ1v) is 11.1. The number of aromatic nitrogens is 2. The number of para-hydroxylation sites is 1. The second kappa shape index (κ2) is 9.12. The van der Waals surface area contributed by atoms with Gasteiger partial charge in [-0.15, -0.1) is 0 Å². The van der Waals surface area contributed by atoms with E-state index in [-0.39, 0.29) is 6.79 Å². The van der Waals surface area contributed by atoms with Crippen LogP contribution in [0, 0.1) is 0 Å². The second-order valence-corrected chi connectivity index (χ2v) is 8.37. The molecular formula is C25H29N3O3. The van der Waals surface area contributed by atoms with Gasteiger partial charge in [-0.25, -0.2) is 4.68 Å². The van der Waals surface area contributed by atoms with Gasteiger partial charge >= 0.3 is 0 Å². The maximum atomic E-state index is 5.91. The summed E-state index contributed by atoms with van der Waals surface area (Å²) < 4.78 is 19.0. The van der Waals surface area contributed by atoms with Crippen molar-refractivity contribution >= 4 is 0 Å². The minimum atomic E-state index is 0.274. The fraction of sp³-hybridized carbons (Fsp3) is 0.400. The third-order valence-electron chi connectivity index (χ3n) is 6.00. The normalized spacial score (nSPS) is 17.9. The lowest BCUT2D eigenvalue weighted by Gasteiger charge is -2.25. The lowest BCUT2D eigenvalue weighted by atomic mass is 10.1. The predicted octanol–water partition coefficient (Wildman–Crippen LogP) is 4.66. The van der Waals surface area contributed by atoms with Gasteiger partial charge in [0, 0.05) is 37.0 Å². The van der Waals surface area contributed by atoms with Crippen molar-refractivity contribution in [2.75, 3.05) is 27.0 Å². The number of nitrogens with zero attached hydrogens (tertiary/aromatic N) is 3. The van der Waals surface area contributed by atoms with Crippen LogP contribution in [0.3, 0.4) is 0 Å². The summed E-state index contributed by atoms with van der Waals surface area (Å²) in [5, 5.41) is 4.95. The van der Waals surface area contributed by atoms with E-state index in [2.05, 4.69) is 36.3 Å². The van der Waals surface area contributed by atoms with Gasteiger partial charge in [-0.2, -0.15) is 5.10 Å². The number of ether oxygens (including phenoxy) is 3. The SMILES string of the molecule is CN(CC[C@@H]1CCCCO1)Cc1cn(-c2ccccc2)nc1-c1ccc2c(c1)OCO2. The first-order chi connectivity index (χ1) is 15.3. The predicted molar refractivity (Wildman–Crippen MR) is 120 cm³/mol. The maximum Gasteiger partial charge on any atom is 0.231 e. The molecule has 3 heterocycles. The van der Waals surface area contributed by atoms with Crippen LogP contribution in [0.2, 0.25) is 0 Å². The van der Waals surface area contributed by atoms with Gasteiger partial charge in [0.25, 0.3) is 0 Å². The maximum absolute atomic E-state index is 5.91. The second-order valence-electron chi connectivity index (χ2n) is 8.37. The summed E-state index contributed by atoms with van der Waals surface area (Å²) >= 11 is 0. The third-order valence-corrected chi connectivity index (χ3v) is 6.00. The summed E-state index contributed by atoms with van der Waals surface area (Å²) in [4.78, 5) is 2.36. The summed E-state index contributed by atoms with van der Waals surface area (Å²) in [6.07, 6.45) is 7.28. The molecule has 0 bridgehead atoms. The molecule has 2 aliphatic rings. The molecule has 0 spiro atoms. The van der Waals surface area contributed by atoms with Crippen LogP contribution in [0.4, 0.5) is 0 Å². The van der Waals surface area contributed by atoms with Crippen LogP contribution in [0.15, 0.2) is 54.7 Å². The van der Waals surface area contributed by atoms with Crippen molar-refractivity contribution in [3.63, 3.8) is 0 Å². The molecular weight excluding hydrogens is 390 g/mol. The van der Waals surface area contributed by atoms with Crippen LogP contribution >= 0.6 is 0 Å². The highest BCUT2D eigenvalue weighted by molar-refractivity contribution is 5.67. The first-order valence-electron chi connectivity index (χ1n) is 11.1. The Hall–Kier alpha value is -2.83. The van der Waals surface area contributed by atoms with E-state index in [1.165, 1.54) is 24.8 Å². The zero-order valence-electron chi connectivity index (χ0n) is 18.0. The van der Waals surface area contributed by atoms with Crippen molar-refractivity contribution in [1.29, 1.82) is 0 Å². The van der Waals surface area contributed by atoms with Gasteiger partial charge in [0.15, 0.2) is 11.5 Å². The quantitative estimate of drug-likeness (QED) is 0.558. The number of fused-ring (bicyclic) bond motifs is 1. The van der Waals surface area contributed by atoms with Gasteiger partial charge in [0.2, 0.25) is 6.79 Å². The van der Waals surface area contributed by atoms with Gasteiger partial charge in [0.1, 0.15) is 0 Å². The van der Waals surface area contributed by atoms with Gasteiger partial charge in [0.05, 0.1) is 17.5 Å².